The van der Waals surface area contributed by atoms with Crippen LogP contribution >= 0.6 is 34.4 Å². The van der Waals surface area contributed by atoms with Gasteiger partial charge in [0.05, 0.1) is 21.4 Å². The number of amides is 1. The highest BCUT2D eigenvalue weighted by Crippen LogP contribution is 2.44. The average Bonchev–Trinajstić information content (AvgIpc) is 3.64. The second-order valence-electron chi connectivity index (χ2n) is 7.62. The molecule has 5 rings (SSSR count). The number of ketones is 1. The standard InChI is InChI=1S/C24H16N4O5S3/c29-20(17-10-5-11-34-17)18-19(15-8-4-9-16(12-15)28(32)33)27(22(31)21(18)30)23-25-26-24(36-23)35-13-14-6-2-1-3-7-14/h1-12,19,30H,13H2. The Morgan fingerprint density at radius 3 is 2.64 bits per heavy atom. The van der Waals surface area contributed by atoms with Crippen LogP contribution in [0.5, 0.6) is 0 Å². The second-order valence-corrected chi connectivity index (χ2v) is 10.7. The maximum atomic E-state index is 13.4. The van der Waals surface area contributed by atoms with E-state index in [9.17, 15) is 24.8 Å². The van der Waals surface area contributed by atoms with Gasteiger partial charge in [0.15, 0.2) is 10.1 Å². The van der Waals surface area contributed by atoms with E-state index in [1.807, 2.05) is 30.3 Å². The van der Waals surface area contributed by atoms with Crippen LogP contribution in [-0.2, 0) is 10.5 Å². The van der Waals surface area contributed by atoms with Crippen molar-refractivity contribution in [2.75, 3.05) is 4.90 Å². The van der Waals surface area contributed by atoms with Crippen LogP contribution in [0.3, 0.4) is 0 Å². The Morgan fingerprint density at radius 2 is 1.92 bits per heavy atom. The first-order valence-electron chi connectivity index (χ1n) is 10.5. The Hall–Kier alpha value is -3.87. The quantitative estimate of drug-likeness (QED) is 0.102. The van der Waals surface area contributed by atoms with E-state index < -0.39 is 28.4 Å². The maximum Gasteiger partial charge on any atom is 0.296 e. The summed E-state index contributed by atoms with van der Waals surface area (Å²) in [6.45, 7) is 0. The van der Waals surface area contributed by atoms with Crippen LogP contribution in [0.15, 0.2) is 87.8 Å². The van der Waals surface area contributed by atoms with Crippen molar-refractivity contribution in [2.24, 2.45) is 0 Å². The van der Waals surface area contributed by atoms with E-state index >= 15 is 0 Å². The first-order valence-corrected chi connectivity index (χ1v) is 13.2. The molecule has 0 radical (unpaired) electrons. The molecule has 2 aromatic heterocycles. The second kappa shape index (κ2) is 10.0. The summed E-state index contributed by atoms with van der Waals surface area (Å²) in [6, 6.07) is 17.6. The number of non-ortho nitro benzene ring substituents is 1. The van der Waals surface area contributed by atoms with Crippen molar-refractivity contribution in [2.45, 2.75) is 16.1 Å². The number of thioether (sulfide) groups is 1. The molecular formula is C24H16N4O5S3. The molecule has 0 bridgehead atoms. The largest absolute Gasteiger partial charge is 0.503 e. The zero-order valence-electron chi connectivity index (χ0n) is 18.3. The van der Waals surface area contributed by atoms with Gasteiger partial charge in [0.2, 0.25) is 10.9 Å². The van der Waals surface area contributed by atoms with Gasteiger partial charge in [-0.1, -0.05) is 71.6 Å². The molecule has 180 valence electrons. The molecule has 1 aliphatic heterocycles. The van der Waals surface area contributed by atoms with E-state index in [-0.39, 0.29) is 16.4 Å². The molecule has 2 aromatic carbocycles. The molecule has 0 saturated heterocycles. The first kappa shape index (κ1) is 23.9. The molecule has 1 atom stereocenters. The minimum Gasteiger partial charge on any atom is -0.503 e. The smallest absolute Gasteiger partial charge is 0.296 e. The third-order valence-corrected chi connectivity index (χ3v) is 8.40. The van der Waals surface area contributed by atoms with E-state index in [2.05, 4.69) is 10.2 Å². The highest BCUT2D eigenvalue weighted by Gasteiger charge is 2.46. The number of hydrogen-bond donors (Lipinski definition) is 1. The van der Waals surface area contributed by atoms with Gasteiger partial charge in [-0.25, -0.2) is 0 Å². The molecule has 0 fully saturated rings. The number of carbonyl (C=O) groups is 2. The lowest BCUT2D eigenvalue weighted by Gasteiger charge is -2.23. The fourth-order valence-corrected chi connectivity index (χ4v) is 6.28. The third kappa shape index (κ3) is 4.53. The van der Waals surface area contributed by atoms with Crippen LogP contribution in [-0.4, -0.2) is 31.9 Å². The van der Waals surface area contributed by atoms with Crippen molar-refractivity contribution in [1.29, 1.82) is 0 Å². The molecule has 1 aliphatic rings. The van der Waals surface area contributed by atoms with Crippen molar-refractivity contribution in [3.63, 3.8) is 0 Å². The lowest BCUT2D eigenvalue weighted by molar-refractivity contribution is -0.384. The summed E-state index contributed by atoms with van der Waals surface area (Å²) in [5.74, 6) is -1.41. The Balaban J connectivity index is 1.53. The summed E-state index contributed by atoms with van der Waals surface area (Å²) < 4.78 is 0.594. The van der Waals surface area contributed by atoms with Crippen molar-refractivity contribution in [3.8, 4) is 0 Å². The summed E-state index contributed by atoms with van der Waals surface area (Å²) in [4.78, 5) is 39.0. The van der Waals surface area contributed by atoms with Crippen LogP contribution in [0.2, 0.25) is 0 Å². The Bertz CT molecular complexity index is 1480. The fourth-order valence-electron chi connectivity index (χ4n) is 3.78. The Kier molecular flexibility index (Phi) is 6.63. The summed E-state index contributed by atoms with van der Waals surface area (Å²) in [5.41, 5.74) is 1.03. The van der Waals surface area contributed by atoms with E-state index in [1.165, 1.54) is 46.2 Å². The number of hydrogen-bond acceptors (Lipinski definition) is 10. The molecular weight excluding hydrogens is 520 g/mol. The van der Waals surface area contributed by atoms with E-state index in [0.29, 0.717) is 20.5 Å². The molecule has 4 aromatic rings. The number of carbonyl (C=O) groups excluding carboxylic acids is 2. The third-order valence-electron chi connectivity index (χ3n) is 5.40. The first-order chi connectivity index (χ1) is 17.4. The number of rotatable bonds is 8. The number of nitro groups is 1. The van der Waals surface area contributed by atoms with Crippen LogP contribution in [0.1, 0.15) is 26.8 Å². The van der Waals surface area contributed by atoms with Crippen molar-refractivity contribution in [3.05, 3.63) is 110 Å². The fraction of sp³-hybridized carbons (Fsp3) is 0.0833. The number of benzene rings is 2. The minimum atomic E-state index is -1.10. The van der Waals surface area contributed by atoms with Gasteiger partial charge in [0, 0.05) is 17.9 Å². The van der Waals surface area contributed by atoms with E-state index in [0.717, 1.165) is 16.9 Å². The molecule has 0 aliphatic carbocycles. The molecule has 36 heavy (non-hydrogen) atoms. The molecule has 1 N–H and O–H groups in total. The zero-order chi connectivity index (χ0) is 25.2. The summed E-state index contributed by atoms with van der Waals surface area (Å²) in [5, 5.41) is 32.5. The number of nitro benzene ring substituents is 1. The van der Waals surface area contributed by atoms with Crippen LogP contribution in [0.25, 0.3) is 0 Å². The topological polar surface area (TPSA) is 127 Å². The lowest BCUT2D eigenvalue weighted by Crippen LogP contribution is -2.31. The van der Waals surface area contributed by atoms with Gasteiger partial charge in [-0.05, 0) is 22.6 Å². The van der Waals surface area contributed by atoms with Gasteiger partial charge in [-0.2, -0.15) is 0 Å². The maximum absolute atomic E-state index is 13.4. The molecule has 1 unspecified atom stereocenters. The van der Waals surface area contributed by atoms with Gasteiger partial charge in [0.25, 0.3) is 11.6 Å². The zero-order valence-corrected chi connectivity index (χ0v) is 20.8. The van der Waals surface area contributed by atoms with Crippen molar-refractivity contribution < 1.29 is 19.6 Å². The van der Waals surface area contributed by atoms with E-state index in [1.54, 1.807) is 23.6 Å². The highest BCUT2D eigenvalue weighted by atomic mass is 32.2. The molecule has 1 amide bonds. The SMILES string of the molecule is O=C(C1=C(O)C(=O)N(c2nnc(SCc3ccccc3)s2)C1c1cccc([N+](=O)[O-])c1)c1cccs1. The van der Waals surface area contributed by atoms with Gasteiger partial charge >= 0.3 is 0 Å². The van der Waals surface area contributed by atoms with Crippen molar-refractivity contribution in [1.82, 2.24) is 10.2 Å². The molecule has 0 saturated carbocycles. The number of thiophene rings is 1. The average molecular weight is 537 g/mol. The number of nitrogens with zero attached hydrogens (tertiary/aromatic N) is 4. The highest BCUT2D eigenvalue weighted by molar-refractivity contribution is 8.00. The van der Waals surface area contributed by atoms with E-state index in [4.69, 9.17) is 0 Å². The van der Waals surface area contributed by atoms with Gasteiger partial charge < -0.3 is 5.11 Å². The molecule has 12 heteroatoms. The summed E-state index contributed by atoms with van der Waals surface area (Å²) >= 11 is 3.75. The molecule has 3 heterocycles. The predicted octanol–water partition coefficient (Wildman–Crippen LogP) is 5.58. The minimum absolute atomic E-state index is 0.156. The number of aliphatic hydroxyl groups is 1. The normalized spacial score (nSPS) is 15.5. The lowest BCUT2D eigenvalue weighted by atomic mass is 9.95. The molecule has 9 nitrogen and oxygen atoms in total. The Labute approximate surface area is 216 Å². The monoisotopic (exact) mass is 536 g/mol. The van der Waals surface area contributed by atoms with Gasteiger partial charge in [-0.3, -0.25) is 24.6 Å². The van der Waals surface area contributed by atoms with Gasteiger partial charge in [-0.15, -0.1) is 21.5 Å². The number of anilines is 1. The number of aliphatic hydroxyl groups excluding tert-OH is 1. The van der Waals surface area contributed by atoms with Crippen LogP contribution < -0.4 is 4.90 Å². The van der Waals surface area contributed by atoms with Gasteiger partial charge in [0.1, 0.15) is 0 Å². The molecule has 0 spiro atoms. The number of aromatic nitrogens is 2. The summed E-state index contributed by atoms with van der Waals surface area (Å²) in [7, 11) is 0. The van der Waals surface area contributed by atoms with Crippen molar-refractivity contribution >= 4 is 56.9 Å². The van der Waals surface area contributed by atoms with Crippen LogP contribution in [0, 0.1) is 10.1 Å². The summed E-state index contributed by atoms with van der Waals surface area (Å²) in [6.07, 6.45) is 0. The van der Waals surface area contributed by atoms with Crippen LogP contribution in [0.4, 0.5) is 10.8 Å². The predicted molar refractivity (Wildman–Crippen MR) is 138 cm³/mol. The Morgan fingerprint density at radius 1 is 1.11 bits per heavy atom. The number of Topliss-reactive ketones (excluding diaryl/α,β-unsaturated/α-hetero) is 1.